The molecule has 0 atom stereocenters. The van der Waals surface area contributed by atoms with E-state index >= 15 is 0 Å². The summed E-state index contributed by atoms with van der Waals surface area (Å²) in [6.45, 7) is 6.61. The Kier molecular flexibility index (Phi) is 6.29. The second-order valence-electron chi connectivity index (χ2n) is 8.20. The number of carbonyl (C=O) groups excluding carboxylic acids is 1. The molecule has 8 heteroatoms. The van der Waals surface area contributed by atoms with Crippen LogP contribution in [-0.4, -0.2) is 33.0 Å². The van der Waals surface area contributed by atoms with Gasteiger partial charge in [0.25, 0.3) is 5.69 Å². The van der Waals surface area contributed by atoms with Crippen LogP contribution < -0.4 is 0 Å². The smallest absolute Gasteiger partial charge is 0.269 e. The van der Waals surface area contributed by atoms with Crippen LogP contribution in [0, 0.1) is 10.1 Å². The van der Waals surface area contributed by atoms with Crippen molar-refractivity contribution in [3.63, 3.8) is 0 Å². The van der Waals surface area contributed by atoms with E-state index in [9.17, 15) is 14.9 Å². The van der Waals surface area contributed by atoms with Crippen molar-refractivity contribution in [3.8, 4) is 11.5 Å². The Hall–Kier alpha value is -3.81. The summed E-state index contributed by atoms with van der Waals surface area (Å²) in [6.07, 6.45) is 2.99. The molecular weight excluding hydrogens is 396 g/mol. The van der Waals surface area contributed by atoms with Gasteiger partial charge < -0.3 is 9.32 Å². The highest BCUT2D eigenvalue weighted by molar-refractivity contribution is 5.91. The van der Waals surface area contributed by atoms with Crippen LogP contribution in [0.2, 0.25) is 0 Å². The van der Waals surface area contributed by atoms with Gasteiger partial charge in [0, 0.05) is 30.8 Å². The van der Waals surface area contributed by atoms with Crippen molar-refractivity contribution in [1.29, 1.82) is 0 Å². The Labute approximate surface area is 180 Å². The molecule has 0 radical (unpaired) electrons. The molecule has 0 N–H and O–H groups in total. The summed E-state index contributed by atoms with van der Waals surface area (Å²) in [5.41, 5.74) is 2.77. The molecule has 0 spiro atoms. The first-order chi connectivity index (χ1) is 14.6. The average molecular weight is 420 g/mol. The Balaban J connectivity index is 1.61. The van der Waals surface area contributed by atoms with Crippen LogP contribution in [0.15, 0.2) is 59.0 Å². The van der Waals surface area contributed by atoms with Gasteiger partial charge in [-0.1, -0.05) is 32.9 Å². The van der Waals surface area contributed by atoms with Crippen LogP contribution in [0.4, 0.5) is 5.69 Å². The molecule has 31 heavy (non-hydrogen) atoms. The number of aromatic nitrogens is 2. The van der Waals surface area contributed by atoms with Gasteiger partial charge in [-0.2, -0.15) is 0 Å². The van der Waals surface area contributed by atoms with Crippen molar-refractivity contribution in [2.45, 2.75) is 32.7 Å². The van der Waals surface area contributed by atoms with E-state index in [4.69, 9.17) is 4.42 Å². The lowest BCUT2D eigenvalue weighted by Gasteiger charge is -2.18. The summed E-state index contributed by atoms with van der Waals surface area (Å²) in [5, 5.41) is 18.8. The Morgan fingerprint density at radius 2 is 1.74 bits per heavy atom. The fourth-order valence-electron chi connectivity index (χ4n) is 2.83. The number of nitro groups is 1. The molecule has 3 rings (SSSR count). The summed E-state index contributed by atoms with van der Waals surface area (Å²) in [5.74, 6) is 0.472. The lowest BCUT2D eigenvalue weighted by atomic mass is 9.87. The molecule has 1 aromatic heterocycles. The molecule has 0 aliphatic carbocycles. The predicted octanol–water partition coefficient (Wildman–Crippen LogP) is 4.61. The Morgan fingerprint density at radius 1 is 1.10 bits per heavy atom. The minimum absolute atomic E-state index is 0.000776. The van der Waals surface area contributed by atoms with Gasteiger partial charge in [-0.15, -0.1) is 10.2 Å². The van der Waals surface area contributed by atoms with E-state index in [0.29, 0.717) is 17.3 Å². The van der Waals surface area contributed by atoms with Gasteiger partial charge in [-0.05, 0) is 46.9 Å². The zero-order valence-corrected chi connectivity index (χ0v) is 17.9. The first kappa shape index (κ1) is 21.9. The number of amides is 1. The molecule has 0 saturated carbocycles. The third-order valence-corrected chi connectivity index (χ3v) is 4.74. The molecule has 8 nitrogen and oxygen atoms in total. The van der Waals surface area contributed by atoms with Crippen molar-refractivity contribution in [1.82, 2.24) is 15.1 Å². The highest BCUT2D eigenvalue weighted by atomic mass is 16.6. The number of rotatable bonds is 6. The van der Waals surface area contributed by atoms with E-state index in [-0.39, 0.29) is 23.6 Å². The summed E-state index contributed by atoms with van der Waals surface area (Å²) >= 11 is 0. The lowest BCUT2D eigenvalue weighted by Crippen LogP contribution is -2.24. The van der Waals surface area contributed by atoms with Crippen LogP contribution in [0.5, 0.6) is 0 Å². The molecule has 3 aromatic rings. The lowest BCUT2D eigenvalue weighted by molar-refractivity contribution is -0.384. The number of carbonyl (C=O) groups is 1. The van der Waals surface area contributed by atoms with E-state index in [1.54, 1.807) is 25.3 Å². The second-order valence-corrected chi connectivity index (χ2v) is 8.20. The molecule has 0 unspecified atom stereocenters. The van der Waals surface area contributed by atoms with Gasteiger partial charge in [-0.3, -0.25) is 14.9 Å². The number of non-ortho nitro benzene ring substituents is 1. The van der Waals surface area contributed by atoms with Gasteiger partial charge in [0.2, 0.25) is 17.7 Å². The van der Waals surface area contributed by atoms with Crippen LogP contribution in [0.1, 0.15) is 37.8 Å². The molecule has 1 amide bonds. The van der Waals surface area contributed by atoms with E-state index < -0.39 is 4.92 Å². The zero-order valence-electron chi connectivity index (χ0n) is 17.9. The quantitative estimate of drug-likeness (QED) is 0.328. The van der Waals surface area contributed by atoms with Gasteiger partial charge in [-0.25, -0.2) is 0 Å². The minimum atomic E-state index is -0.468. The van der Waals surface area contributed by atoms with Crippen molar-refractivity contribution >= 4 is 17.7 Å². The summed E-state index contributed by atoms with van der Waals surface area (Å²) in [4.78, 5) is 24.0. The maximum atomic E-state index is 12.3. The molecule has 2 aromatic carbocycles. The fourth-order valence-corrected chi connectivity index (χ4v) is 2.83. The fraction of sp³-hybridized carbons (Fsp3) is 0.261. The molecule has 160 valence electrons. The van der Waals surface area contributed by atoms with Crippen molar-refractivity contribution in [3.05, 3.63) is 81.7 Å². The molecular formula is C23H24N4O4. The highest BCUT2D eigenvalue weighted by Crippen LogP contribution is 2.25. The van der Waals surface area contributed by atoms with Gasteiger partial charge in [0.1, 0.15) is 0 Å². The summed E-state index contributed by atoms with van der Waals surface area (Å²) < 4.78 is 5.71. The molecule has 1 heterocycles. The van der Waals surface area contributed by atoms with E-state index in [1.165, 1.54) is 28.7 Å². The molecule has 0 fully saturated rings. The number of nitrogens with zero attached hydrogens (tertiary/aromatic N) is 4. The van der Waals surface area contributed by atoms with E-state index in [1.807, 2.05) is 24.3 Å². The number of likely N-dealkylation sites (N-methyl/N-ethyl adjacent to an activating group) is 1. The van der Waals surface area contributed by atoms with Crippen LogP contribution >= 0.6 is 0 Å². The Morgan fingerprint density at radius 3 is 2.32 bits per heavy atom. The topological polar surface area (TPSA) is 102 Å². The molecule has 0 bridgehead atoms. The van der Waals surface area contributed by atoms with Gasteiger partial charge >= 0.3 is 0 Å². The predicted molar refractivity (Wildman–Crippen MR) is 117 cm³/mol. The Bertz CT molecular complexity index is 1090. The zero-order chi connectivity index (χ0) is 22.6. The summed E-state index contributed by atoms with van der Waals surface area (Å²) in [7, 11) is 1.63. The third kappa shape index (κ3) is 5.63. The molecule has 0 aliphatic heterocycles. The van der Waals surface area contributed by atoms with Crippen molar-refractivity contribution in [2.75, 3.05) is 7.05 Å². The normalized spacial score (nSPS) is 11.6. The third-order valence-electron chi connectivity index (χ3n) is 4.74. The first-order valence-corrected chi connectivity index (χ1v) is 9.74. The van der Waals surface area contributed by atoms with Crippen LogP contribution in [-0.2, 0) is 16.8 Å². The molecule has 0 saturated heterocycles. The first-order valence-electron chi connectivity index (χ1n) is 9.74. The molecule has 0 aliphatic rings. The number of hydrogen-bond acceptors (Lipinski definition) is 6. The minimum Gasteiger partial charge on any atom is -0.419 e. The monoisotopic (exact) mass is 420 g/mol. The largest absolute Gasteiger partial charge is 0.419 e. The second kappa shape index (κ2) is 8.91. The number of nitro benzene ring substituents is 1. The van der Waals surface area contributed by atoms with Crippen molar-refractivity contribution in [2.24, 2.45) is 0 Å². The maximum absolute atomic E-state index is 12.3. The van der Waals surface area contributed by atoms with Crippen LogP contribution in [0.25, 0.3) is 17.5 Å². The van der Waals surface area contributed by atoms with E-state index in [2.05, 4.69) is 31.0 Å². The van der Waals surface area contributed by atoms with Gasteiger partial charge in [0.15, 0.2) is 0 Å². The highest BCUT2D eigenvalue weighted by Gasteiger charge is 2.16. The van der Waals surface area contributed by atoms with Gasteiger partial charge in [0.05, 0.1) is 11.5 Å². The van der Waals surface area contributed by atoms with Crippen molar-refractivity contribution < 1.29 is 14.1 Å². The van der Waals surface area contributed by atoms with E-state index in [0.717, 1.165) is 5.56 Å². The average Bonchev–Trinajstić information content (AvgIpc) is 3.20. The SMILES string of the molecule is CN(Cc1nnc(-c2ccc(C(C)(C)C)cc2)o1)C(=O)/C=C/c1ccc([N+](=O)[O-])cc1. The number of benzene rings is 2. The maximum Gasteiger partial charge on any atom is 0.269 e. The summed E-state index contributed by atoms with van der Waals surface area (Å²) in [6, 6.07) is 13.9. The standard InChI is InChI=1S/C23H24N4O4/c1-23(2,3)18-10-8-17(9-11-18)22-25-24-20(31-22)15-26(4)21(28)14-7-16-5-12-19(13-6-16)27(29)30/h5-14H,15H2,1-4H3/b14-7+. The van der Waals surface area contributed by atoms with Crippen LogP contribution in [0.3, 0.4) is 0 Å². The number of hydrogen-bond donors (Lipinski definition) is 0.